The molecule has 0 aromatic carbocycles. The maximum atomic E-state index is 13.1. The maximum Gasteiger partial charge on any atom is 0.455 e. The third-order valence-electron chi connectivity index (χ3n) is 31.3. The van der Waals surface area contributed by atoms with Crippen LogP contribution in [-0.4, -0.2) is 174 Å². The molecule has 18 atom stereocenters. The summed E-state index contributed by atoms with van der Waals surface area (Å²) in [6.07, 6.45) is 24.6. The van der Waals surface area contributed by atoms with E-state index in [0.717, 1.165) is 137 Å². The van der Waals surface area contributed by atoms with Gasteiger partial charge in [-0.3, -0.25) is 14.4 Å². The molecule has 0 heterocycles. The molecule has 0 spiro atoms. The van der Waals surface area contributed by atoms with Crippen molar-refractivity contribution in [3.05, 3.63) is 151 Å². The van der Waals surface area contributed by atoms with Gasteiger partial charge in [-0.2, -0.15) is 65.9 Å². The highest BCUT2D eigenvalue weighted by atomic mass is 79.9. The Kier molecular flexibility index (Phi) is 43.3. The van der Waals surface area contributed by atoms with Crippen LogP contribution in [0.1, 0.15) is 252 Å². The monoisotopic (exact) mass is 2130 g/mol. The summed E-state index contributed by atoms with van der Waals surface area (Å²) in [6.45, 7) is 48.1. The van der Waals surface area contributed by atoms with Crippen molar-refractivity contribution in [2.45, 2.75) is 373 Å². The summed E-state index contributed by atoms with van der Waals surface area (Å²) in [5.41, 5.74) is 13.2. The third kappa shape index (κ3) is 31.1. The van der Waals surface area contributed by atoms with Gasteiger partial charge in [-0.15, -0.1) is 18.9 Å². The average molecular weight is 2140 g/mol. The molecule has 138 heavy (non-hydrogen) atoms. The molecule has 10 aliphatic carbocycles. The third-order valence-corrected chi connectivity index (χ3v) is 41.4. The molecule has 6 N–H and O–H groups in total. The van der Waals surface area contributed by atoms with Crippen molar-refractivity contribution < 1.29 is 119 Å². The van der Waals surface area contributed by atoms with Gasteiger partial charge >= 0.3 is 36.3 Å². The number of nitrogens with one attached hydrogen (secondary N) is 3. The van der Waals surface area contributed by atoms with Gasteiger partial charge in [-0.25, -0.2) is 0 Å². The fraction of sp³-hybridized carbons (Fsp3) is 0.705. The molecule has 0 aromatic heterocycles. The van der Waals surface area contributed by atoms with Crippen molar-refractivity contribution in [3.8, 4) is 12.3 Å². The van der Waals surface area contributed by atoms with E-state index in [-0.39, 0.29) is 68.3 Å². The normalized spacial score (nSPS) is 29.7. The Morgan fingerprint density at radius 3 is 1.17 bits per heavy atom. The summed E-state index contributed by atoms with van der Waals surface area (Å²) in [5, 5.41) is 35.1. The molecular formula is C105H154Br2F15N3O11Si2. The molecule has 782 valence electrons. The Balaban J connectivity index is 0.000000278. The predicted molar refractivity (Wildman–Crippen MR) is 528 cm³/mol. The van der Waals surface area contributed by atoms with E-state index in [4.69, 9.17) is 29.5 Å². The Bertz CT molecular complexity index is 4580. The number of hydrogen-bond donors (Lipinski definition) is 6. The number of amides is 3. The van der Waals surface area contributed by atoms with Gasteiger partial charge in [0.05, 0.1) is 68.5 Å². The number of alkyl halides is 15. The number of aliphatic hydroxyl groups excluding tert-OH is 3. The van der Waals surface area contributed by atoms with Crippen molar-refractivity contribution >= 4 is 66.2 Å². The van der Waals surface area contributed by atoms with Gasteiger partial charge in [-0.1, -0.05) is 205 Å². The van der Waals surface area contributed by atoms with Gasteiger partial charge in [0, 0.05) is 12.8 Å². The second-order valence-electron chi connectivity index (χ2n) is 43.6. The molecule has 3 amide bonds. The van der Waals surface area contributed by atoms with Crippen LogP contribution >= 0.6 is 31.9 Å². The summed E-state index contributed by atoms with van der Waals surface area (Å²) in [6, 6.07) is 0. The summed E-state index contributed by atoms with van der Waals surface area (Å²) >= 11 is 6.90. The van der Waals surface area contributed by atoms with E-state index in [1.165, 1.54) is 52.7 Å². The largest absolute Gasteiger partial charge is 0.455 e. The SMILES string of the molecule is C#CCC(C)CC(C=C)O[Si](C)(C)C(C)(C)C.C=C1/C(=C\C=C2/CCC[C@]3(C)C([C@H](C)OCC(=O)NCC(F)(F)C(F)(F)F)=CCC23)CC(C)CC1O[Si](C)(C)C(C)(C)C.C=C1/C(=C\C=C2/CCC[C@]3(C)C([C@H](C)OCC(=O)NCC(F)(F)C(F)(F)F)=CCC23)CC(O)CC1O.C[C@H](O)C1=CCC2/C(=C/Br)CCC[C@]12C.C[C@H](OCC(=O)NCC(F)(F)C(F)(F)F)C1=CCC2/C(=C/Br)CCC[C@]12C. The van der Waals surface area contributed by atoms with Crippen molar-refractivity contribution in [3.63, 3.8) is 0 Å². The van der Waals surface area contributed by atoms with Gasteiger partial charge in [0.15, 0.2) is 16.6 Å². The van der Waals surface area contributed by atoms with Gasteiger partial charge in [0.2, 0.25) is 17.7 Å². The summed E-state index contributed by atoms with van der Waals surface area (Å²) in [4.78, 5) is 39.5. The number of terminal acetylenes is 1. The number of rotatable bonds is 29. The van der Waals surface area contributed by atoms with E-state index in [0.29, 0.717) is 35.7 Å². The molecule has 0 radical (unpaired) electrons. The topological polar surface area (TPSA) is 194 Å². The smallest absolute Gasteiger partial charge is 0.411 e. The van der Waals surface area contributed by atoms with Crippen LogP contribution in [0.3, 0.4) is 0 Å². The Morgan fingerprint density at radius 1 is 0.522 bits per heavy atom. The lowest BCUT2D eigenvalue weighted by Crippen LogP contribution is -2.47. The first kappa shape index (κ1) is 121. The fourth-order valence-corrected chi connectivity index (χ4v) is 24.7. The van der Waals surface area contributed by atoms with Crippen molar-refractivity contribution in [2.24, 2.45) is 57.2 Å². The summed E-state index contributed by atoms with van der Waals surface area (Å²) in [5.74, 6) is -12.9. The van der Waals surface area contributed by atoms with Gasteiger partial charge in [0.1, 0.15) is 19.8 Å². The van der Waals surface area contributed by atoms with Crippen molar-refractivity contribution in [2.75, 3.05) is 39.5 Å². The fourth-order valence-electron chi connectivity index (χ4n) is 21.0. The lowest BCUT2D eigenvalue weighted by atomic mass is 9.63. The van der Waals surface area contributed by atoms with Gasteiger partial charge in [-0.05, 0) is 304 Å². The Hall–Kier alpha value is -5.39. The lowest BCUT2D eigenvalue weighted by Gasteiger charge is -2.43. The van der Waals surface area contributed by atoms with Crippen LogP contribution in [0.2, 0.25) is 36.3 Å². The van der Waals surface area contributed by atoms with Crippen LogP contribution in [0, 0.1) is 69.5 Å². The zero-order valence-corrected chi connectivity index (χ0v) is 89.6. The molecule has 33 heteroatoms. The van der Waals surface area contributed by atoms with Crippen LogP contribution in [0.25, 0.3) is 0 Å². The number of carbonyl (C=O) groups is 3. The number of fused-ring (bicyclic) bond motifs is 4. The highest BCUT2D eigenvalue weighted by Gasteiger charge is 2.61. The van der Waals surface area contributed by atoms with Crippen molar-refractivity contribution in [1.29, 1.82) is 0 Å². The van der Waals surface area contributed by atoms with E-state index in [9.17, 15) is 95.6 Å². The van der Waals surface area contributed by atoms with E-state index >= 15 is 0 Å². The summed E-state index contributed by atoms with van der Waals surface area (Å²) in [7, 11) is -3.66. The van der Waals surface area contributed by atoms with E-state index < -0.39 is 141 Å². The average Bonchev–Trinajstić information content (AvgIpc) is 1.61. The van der Waals surface area contributed by atoms with Gasteiger partial charge < -0.3 is 54.3 Å². The molecule has 0 aliphatic heterocycles. The lowest BCUT2D eigenvalue weighted by molar-refractivity contribution is -0.278. The quantitative estimate of drug-likeness (QED) is 0.0181. The minimum absolute atomic E-state index is 0.0283. The first-order valence-electron chi connectivity index (χ1n) is 48.4. The highest BCUT2D eigenvalue weighted by molar-refractivity contribution is 9.11. The number of carbonyl (C=O) groups excluding carboxylic acids is 3. The summed E-state index contributed by atoms with van der Waals surface area (Å²) < 4.78 is 218. The molecule has 10 unspecified atom stereocenters. The molecule has 0 bridgehead atoms. The molecule has 10 aliphatic rings. The first-order valence-corrected chi connectivity index (χ1v) is 56.1. The van der Waals surface area contributed by atoms with E-state index in [1.807, 2.05) is 30.1 Å². The maximum absolute atomic E-state index is 13.1. The zero-order valence-electron chi connectivity index (χ0n) is 84.5. The molecule has 0 aromatic rings. The Morgan fingerprint density at radius 2 is 0.848 bits per heavy atom. The second-order valence-corrected chi connectivity index (χ2v) is 54.0. The molecule has 10 rings (SSSR count). The first-order chi connectivity index (χ1) is 63.4. The number of allylic oxidation sites excluding steroid dienone is 12. The second kappa shape index (κ2) is 49.2. The molecule has 6 saturated carbocycles. The Labute approximate surface area is 829 Å². The number of aliphatic hydroxyl groups is 3. The van der Waals surface area contributed by atoms with Crippen LogP contribution in [0.15, 0.2) is 151 Å². The number of halogens is 17. The van der Waals surface area contributed by atoms with Crippen LogP contribution in [-0.2, 0) is 37.4 Å². The van der Waals surface area contributed by atoms with Crippen LogP contribution in [0.5, 0.6) is 0 Å². The molecule has 14 nitrogen and oxygen atoms in total. The van der Waals surface area contributed by atoms with Gasteiger partial charge in [0.25, 0.3) is 0 Å². The van der Waals surface area contributed by atoms with Crippen molar-refractivity contribution in [1.82, 2.24) is 16.0 Å². The minimum atomic E-state index is -5.74. The number of ether oxygens (including phenoxy) is 3. The molecule has 0 saturated heterocycles. The highest BCUT2D eigenvalue weighted by Crippen LogP contribution is 2.61. The number of hydrogen-bond acceptors (Lipinski definition) is 11. The molecule has 6 fully saturated rings. The van der Waals surface area contributed by atoms with Crippen LogP contribution in [0.4, 0.5) is 65.9 Å². The van der Waals surface area contributed by atoms with Crippen LogP contribution < -0.4 is 16.0 Å². The standard InChI is InChI=1S/C33H50F5NO3Si.C26H34F5NO4.C18H23BrF5NO2.C15H28OSi.C13H19BrO/c1-21-17-25(22(2)28(18-21)42-43(8,9)30(4,5)6)13-12-24-11-10-16-31(7)26(14-15-27(24)31)23(3)41-19-29(40)39-20-32(34,35)33(36,37)38;1-15-18(11-19(33)12-22(15)34)7-6-17-5-4-10-24(3)20(8-9-21(17)24)16(2)36-13-23(35)32-14-25(27,28)26(29,30)31;1-11(27-9-15(26)25-10-17(20,21)18(22,23)24)13-5-6-14-12(8-19)4-3-7-16(13,14)2;1-9-11-13(3)12-14(10-2)16-17(7,8)15(4,5)6;1-9(15)11-5-6-12-10(8-14)4-3-7-13(11,12)2/h12-14,21,23,27-28H,2,10-11,15-20H2,1,3-9H3,(H,39,40);6-8,16,19,21-22,33-34H,1,4-5,9-14H2,2-3H3,(H,32,35);5,8,11,14H,3-4,6-7,9-10H2,1-2H3,(H,25,26);1,10,13-14H,2,11-12H2,3-8H3;5,8-9,12,15H,3-4,6-7H2,1-2H3/b24-12+,25-13-;17-6+,18-7-;12-8+;;10-8+/t21?,23-,27?,28?,31+;16-,19?,21?,22?,24+;11-,14?,16+;;9-,12?,13+/m000.0/s1. The zero-order chi connectivity index (χ0) is 105. The van der Waals surface area contributed by atoms with E-state index in [2.05, 4.69) is 208 Å². The molecular weight excluding hydrogens is 1980 g/mol. The van der Waals surface area contributed by atoms with E-state index in [1.54, 1.807) is 36.7 Å². The minimum Gasteiger partial charge on any atom is -0.411 e. The predicted octanol–water partition coefficient (Wildman–Crippen LogP) is 27.4.